The van der Waals surface area contributed by atoms with Gasteiger partial charge in [0.15, 0.2) is 0 Å². The van der Waals surface area contributed by atoms with Crippen molar-refractivity contribution in [2.24, 2.45) is 5.92 Å². The monoisotopic (exact) mass is 464 g/mol. The molecule has 32 heavy (non-hydrogen) atoms. The first-order valence-corrected chi connectivity index (χ1v) is 12.0. The van der Waals surface area contributed by atoms with E-state index >= 15 is 0 Å². The molecule has 8 nitrogen and oxygen atoms in total. The molecule has 0 bridgehead atoms. The maximum Gasteiger partial charge on any atom is 0.404 e. The molecule has 176 valence electrons. The molecule has 0 aromatic heterocycles. The topological polar surface area (TPSA) is 125 Å². The first-order chi connectivity index (χ1) is 15.1. The summed E-state index contributed by atoms with van der Waals surface area (Å²) in [5.74, 6) is 0.962. The average Bonchev–Trinajstić information content (AvgIpc) is 2.75. The lowest BCUT2D eigenvalue weighted by Gasteiger charge is -2.23. The number of nitrogens with one attached hydrogen (secondary N) is 2. The van der Waals surface area contributed by atoms with E-state index in [1.165, 1.54) is 13.2 Å². The Balaban J connectivity index is 2.16. The Kier molecular flexibility index (Phi) is 9.49. The number of rotatable bonds is 12. The van der Waals surface area contributed by atoms with E-state index in [0.29, 0.717) is 23.7 Å². The Morgan fingerprint density at radius 2 is 1.81 bits per heavy atom. The van der Waals surface area contributed by atoms with Crippen LogP contribution in [0.4, 0.5) is 4.79 Å². The van der Waals surface area contributed by atoms with Crippen LogP contribution < -0.4 is 14.8 Å². The summed E-state index contributed by atoms with van der Waals surface area (Å²) < 4.78 is 33.7. The molecule has 0 aliphatic carbocycles. The van der Waals surface area contributed by atoms with Crippen molar-refractivity contribution in [2.45, 2.75) is 50.2 Å². The molecule has 2 atom stereocenters. The predicted octanol–water partition coefficient (Wildman–Crippen LogP) is 2.80. The van der Waals surface area contributed by atoms with Gasteiger partial charge in [0, 0.05) is 6.54 Å². The summed E-state index contributed by atoms with van der Waals surface area (Å²) in [6.45, 7) is 3.78. The molecule has 2 aromatic carbocycles. The summed E-state index contributed by atoms with van der Waals surface area (Å²) in [5, 5.41) is 22.0. The van der Waals surface area contributed by atoms with Gasteiger partial charge in [-0.05, 0) is 54.5 Å². The number of aliphatic hydroxyl groups excluding tert-OH is 1. The fraction of sp³-hybridized carbons (Fsp3) is 0.435. The first-order valence-electron chi connectivity index (χ1n) is 10.5. The summed E-state index contributed by atoms with van der Waals surface area (Å²) >= 11 is 0. The van der Waals surface area contributed by atoms with Gasteiger partial charge in [0.2, 0.25) is 10.0 Å². The number of carboxylic acid groups (broad SMARTS) is 1. The zero-order valence-corrected chi connectivity index (χ0v) is 19.4. The predicted molar refractivity (Wildman–Crippen MR) is 122 cm³/mol. The molecule has 0 aliphatic heterocycles. The van der Waals surface area contributed by atoms with Crippen LogP contribution in [0.3, 0.4) is 0 Å². The molecule has 0 fully saturated rings. The maximum absolute atomic E-state index is 13.0. The van der Waals surface area contributed by atoms with Gasteiger partial charge in [-0.1, -0.05) is 44.2 Å². The van der Waals surface area contributed by atoms with Gasteiger partial charge in [0.1, 0.15) is 5.75 Å². The molecule has 2 aromatic rings. The molecule has 9 heteroatoms. The number of amides is 1. The van der Waals surface area contributed by atoms with Crippen LogP contribution in [0.1, 0.15) is 31.4 Å². The van der Waals surface area contributed by atoms with Crippen molar-refractivity contribution in [3.8, 4) is 5.75 Å². The van der Waals surface area contributed by atoms with Crippen molar-refractivity contribution in [3.05, 3.63) is 59.7 Å². The van der Waals surface area contributed by atoms with Gasteiger partial charge in [0.25, 0.3) is 0 Å². The molecule has 0 aliphatic rings. The lowest BCUT2D eigenvalue weighted by Crippen LogP contribution is -2.49. The van der Waals surface area contributed by atoms with Gasteiger partial charge < -0.3 is 20.3 Å². The van der Waals surface area contributed by atoms with Crippen molar-refractivity contribution >= 4 is 16.1 Å². The van der Waals surface area contributed by atoms with E-state index in [1.807, 2.05) is 30.3 Å². The number of hydrogen-bond acceptors (Lipinski definition) is 5. The second-order valence-corrected chi connectivity index (χ2v) is 9.81. The smallest absolute Gasteiger partial charge is 0.404 e. The minimum absolute atomic E-state index is 0.122. The van der Waals surface area contributed by atoms with Crippen LogP contribution in [0.2, 0.25) is 0 Å². The second-order valence-electron chi connectivity index (χ2n) is 8.07. The van der Waals surface area contributed by atoms with Gasteiger partial charge in [-0.15, -0.1) is 0 Å². The van der Waals surface area contributed by atoms with E-state index in [9.17, 15) is 18.3 Å². The third-order valence-corrected chi connectivity index (χ3v) is 6.63. The third-order valence-electron chi connectivity index (χ3n) is 5.10. The number of benzene rings is 2. The van der Waals surface area contributed by atoms with Gasteiger partial charge in [-0.25, -0.2) is 17.9 Å². The van der Waals surface area contributed by atoms with E-state index in [1.54, 1.807) is 12.1 Å². The summed E-state index contributed by atoms with van der Waals surface area (Å²) in [4.78, 5) is 11.3. The number of carbonyl (C=O) groups is 1. The lowest BCUT2D eigenvalue weighted by molar-refractivity contribution is 0.122. The molecule has 0 unspecified atom stereocenters. The van der Waals surface area contributed by atoms with E-state index in [4.69, 9.17) is 9.84 Å². The Morgan fingerprint density at radius 3 is 2.41 bits per heavy atom. The van der Waals surface area contributed by atoms with E-state index in [0.717, 1.165) is 12.0 Å². The largest absolute Gasteiger partial charge is 0.497 e. The minimum Gasteiger partial charge on any atom is -0.497 e. The summed E-state index contributed by atoms with van der Waals surface area (Å²) in [7, 11) is -2.41. The number of ether oxygens (including phenoxy) is 1. The number of aliphatic hydroxyl groups is 1. The highest BCUT2D eigenvalue weighted by molar-refractivity contribution is 7.89. The number of aryl methyl sites for hydroxylation is 1. The van der Waals surface area contributed by atoms with Crippen molar-refractivity contribution in [1.29, 1.82) is 0 Å². The Morgan fingerprint density at radius 1 is 1.12 bits per heavy atom. The normalized spacial score (nSPS) is 13.5. The zero-order chi connectivity index (χ0) is 23.7. The molecule has 0 saturated carbocycles. The van der Waals surface area contributed by atoms with Gasteiger partial charge >= 0.3 is 6.09 Å². The molecule has 2 rings (SSSR count). The van der Waals surface area contributed by atoms with Crippen LogP contribution in [0.5, 0.6) is 5.75 Å². The molecule has 0 spiro atoms. The standard InChI is InChI=1S/C23H32N2O6S/c1-16(2)9-10-18-14-19(31-3)11-12-22(18)32(29,30)24-15-21(26)20(25-23(27)28)13-17-7-5-4-6-8-17/h4-8,11-12,14,16,20-21,24-26H,9-10,13,15H2,1-3H3,(H,27,28)/t20-,21+/m0/s1. The van der Waals surface area contributed by atoms with Crippen LogP contribution in [0.15, 0.2) is 53.4 Å². The van der Waals surface area contributed by atoms with Crippen molar-refractivity contribution in [1.82, 2.24) is 10.0 Å². The fourth-order valence-corrected chi connectivity index (χ4v) is 4.61. The van der Waals surface area contributed by atoms with Gasteiger partial charge in [-0.2, -0.15) is 0 Å². The fourth-order valence-electron chi connectivity index (χ4n) is 3.31. The van der Waals surface area contributed by atoms with Crippen LogP contribution in [0, 0.1) is 5.92 Å². The van der Waals surface area contributed by atoms with Gasteiger partial charge in [0.05, 0.1) is 24.2 Å². The average molecular weight is 465 g/mol. The number of hydrogen-bond donors (Lipinski definition) is 4. The van der Waals surface area contributed by atoms with Crippen molar-refractivity contribution in [3.63, 3.8) is 0 Å². The number of methoxy groups -OCH3 is 1. The maximum atomic E-state index is 13.0. The summed E-state index contributed by atoms with van der Waals surface area (Å²) in [6.07, 6.45) is -0.972. The molecule has 1 amide bonds. The Hall–Kier alpha value is -2.62. The molecule has 0 radical (unpaired) electrons. The highest BCUT2D eigenvalue weighted by Crippen LogP contribution is 2.24. The highest BCUT2D eigenvalue weighted by Gasteiger charge is 2.25. The minimum atomic E-state index is -3.93. The second kappa shape index (κ2) is 11.8. The first kappa shape index (κ1) is 25.6. The molecular formula is C23H32N2O6S. The van der Waals surface area contributed by atoms with Crippen LogP contribution in [-0.4, -0.2) is 50.5 Å². The van der Waals surface area contributed by atoms with E-state index in [2.05, 4.69) is 23.9 Å². The molecule has 0 saturated heterocycles. The Labute approximate surface area is 189 Å². The molecule has 0 heterocycles. The summed E-state index contributed by atoms with van der Waals surface area (Å²) in [5.41, 5.74) is 1.45. The quantitative estimate of drug-likeness (QED) is 0.383. The van der Waals surface area contributed by atoms with Crippen LogP contribution in [0.25, 0.3) is 0 Å². The molecule has 4 N–H and O–H groups in total. The lowest BCUT2D eigenvalue weighted by atomic mass is 10.0. The third kappa shape index (κ3) is 7.81. The van der Waals surface area contributed by atoms with E-state index in [-0.39, 0.29) is 17.9 Å². The SMILES string of the molecule is COc1ccc(S(=O)(=O)NC[C@@H](O)[C@H](Cc2ccccc2)NC(=O)O)c(CCC(C)C)c1. The highest BCUT2D eigenvalue weighted by atomic mass is 32.2. The van der Waals surface area contributed by atoms with Crippen LogP contribution in [-0.2, 0) is 22.9 Å². The van der Waals surface area contributed by atoms with E-state index < -0.39 is 28.3 Å². The van der Waals surface area contributed by atoms with Crippen LogP contribution >= 0.6 is 0 Å². The Bertz CT molecular complexity index is 979. The van der Waals surface area contributed by atoms with Crippen molar-refractivity contribution < 1.29 is 28.2 Å². The van der Waals surface area contributed by atoms with Gasteiger partial charge in [-0.3, -0.25) is 0 Å². The molecular weight excluding hydrogens is 432 g/mol. The zero-order valence-electron chi connectivity index (χ0n) is 18.6. The number of sulfonamides is 1. The summed E-state index contributed by atoms with van der Waals surface area (Å²) in [6, 6.07) is 13.0. The van der Waals surface area contributed by atoms with Crippen molar-refractivity contribution in [2.75, 3.05) is 13.7 Å².